The maximum atomic E-state index is 14.6. The number of pyridine rings is 1. The molecule has 6 bridgehead atoms. The molecule has 10 heteroatoms. The molecule has 9 nitrogen and oxygen atoms in total. The van der Waals surface area contributed by atoms with E-state index in [0.29, 0.717) is 41.8 Å². The molecule has 0 saturated carbocycles. The van der Waals surface area contributed by atoms with Crippen molar-refractivity contribution in [1.82, 2.24) is 20.5 Å². The molecule has 0 aliphatic carbocycles. The number of ether oxygens (including phenoxy) is 2. The Morgan fingerprint density at radius 1 is 1.07 bits per heavy atom. The number of nitrogens with one attached hydrogen (secondary N) is 2. The Morgan fingerprint density at radius 2 is 1.90 bits per heavy atom. The van der Waals surface area contributed by atoms with Crippen molar-refractivity contribution in [3.05, 3.63) is 77.9 Å². The summed E-state index contributed by atoms with van der Waals surface area (Å²) in [5, 5.41) is 5.79. The van der Waals surface area contributed by atoms with Crippen LogP contribution in [0.15, 0.2) is 60.9 Å². The number of fused-ring (bicyclic) bond motifs is 8. The third kappa shape index (κ3) is 7.19. The van der Waals surface area contributed by atoms with Crippen molar-refractivity contribution >= 4 is 17.7 Å². The normalized spacial score (nSPS) is 19.4. The van der Waals surface area contributed by atoms with Crippen molar-refractivity contribution in [2.24, 2.45) is 5.92 Å². The summed E-state index contributed by atoms with van der Waals surface area (Å²) in [5.41, 5.74) is 2.31. The summed E-state index contributed by atoms with van der Waals surface area (Å²) in [4.78, 5) is 44.8. The zero-order valence-corrected chi connectivity index (χ0v) is 23.1. The highest BCUT2D eigenvalue weighted by molar-refractivity contribution is 5.95. The van der Waals surface area contributed by atoms with E-state index in [0.717, 1.165) is 5.56 Å². The Kier molecular flexibility index (Phi) is 8.47. The highest BCUT2D eigenvalue weighted by Gasteiger charge is 2.34. The topological polar surface area (TPSA) is 110 Å². The standard InChI is InChI=1S/C31H33FN4O5/c1-19(2)8-30(38)36-7-6-28-27(17-36)35-31(39)23-11-22(15-33-16-23)21-4-3-5-25(12-21)40-18-29(37)34-14-20-9-24(32)13-26(10-20)41-28/h3-5,9-13,15-16,19,27-28H,6-8,14,17-18H2,1-2H3,(H,34,37)(H,35,39)/t27-,28+/m1/s1. The van der Waals surface area contributed by atoms with Crippen LogP contribution in [0.3, 0.4) is 0 Å². The summed E-state index contributed by atoms with van der Waals surface area (Å²) in [7, 11) is 0. The van der Waals surface area contributed by atoms with Gasteiger partial charge >= 0.3 is 0 Å². The van der Waals surface area contributed by atoms with Gasteiger partial charge in [0, 0.05) is 56.5 Å². The molecule has 2 aromatic carbocycles. The van der Waals surface area contributed by atoms with Gasteiger partial charge in [-0.3, -0.25) is 19.4 Å². The molecule has 214 valence electrons. The number of hydrogen-bond acceptors (Lipinski definition) is 6. The van der Waals surface area contributed by atoms with E-state index in [1.807, 2.05) is 19.9 Å². The molecule has 3 aromatic rings. The van der Waals surface area contributed by atoms with Gasteiger partial charge in [-0.2, -0.15) is 0 Å². The molecule has 2 aliphatic rings. The molecule has 3 heterocycles. The number of carbonyl (C=O) groups is 3. The lowest BCUT2D eigenvalue weighted by Crippen LogP contribution is -2.58. The Balaban J connectivity index is 1.48. The van der Waals surface area contributed by atoms with Gasteiger partial charge in [0.1, 0.15) is 23.4 Å². The van der Waals surface area contributed by atoms with E-state index in [1.54, 1.807) is 41.4 Å². The van der Waals surface area contributed by atoms with Gasteiger partial charge in [0.2, 0.25) is 5.91 Å². The second-order valence-electron chi connectivity index (χ2n) is 10.8. The van der Waals surface area contributed by atoms with Crippen LogP contribution in [0.2, 0.25) is 0 Å². The fourth-order valence-electron chi connectivity index (χ4n) is 5.02. The van der Waals surface area contributed by atoms with Gasteiger partial charge < -0.3 is 25.0 Å². The van der Waals surface area contributed by atoms with E-state index in [2.05, 4.69) is 15.6 Å². The highest BCUT2D eigenvalue weighted by atomic mass is 19.1. The number of likely N-dealkylation sites (tertiary alicyclic amines) is 1. The molecular weight excluding hydrogens is 527 g/mol. The van der Waals surface area contributed by atoms with Crippen LogP contribution in [0.4, 0.5) is 4.39 Å². The van der Waals surface area contributed by atoms with Gasteiger partial charge in [0.05, 0.1) is 11.6 Å². The zero-order valence-electron chi connectivity index (χ0n) is 23.1. The van der Waals surface area contributed by atoms with Crippen LogP contribution in [0.1, 0.15) is 42.6 Å². The van der Waals surface area contributed by atoms with Gasteiger partial charge in [-0.1, -0.05) is 26.0 Å². The maximum Gasteiger partial charge on any atom is 0.258 e. The molecule has 0 spiro atoms. The summed E-state index contributed by atoms with van der Waals surface area (Å²) in [6.07, 6.45) is 3.45. The van der Waals surface area contributed by atoms with E-state index in [9.17, 15) is 18.8 Å². The van der Waals surface area contributed by atoms with Crippen molar-refractivity contribution < 1.29 is 28.2 Å². The number of aromatic nitrogens is 1. The lowest BCUT2D eigenvalue weighted by atomic mass is 9.99. The predicted molar refractivity (Wildman–Crippen MR) is 150 cm³/mol. The molecule has 1 fully saturated rings. The number of hydrogen-bond donors (Lipinski definition) is 2. The Bertz CT molecular complexity index is 1450. The summed E-state index contributed by atoms with van der Waals surface area (Å²) in [5.74, 6) is -0.286. The van der Waals surface area contributed by atoms with Crippen molar-refractivity contribution in [2.45, 2.75) is 45.4 Å². The predicted octanol–water partition coefficient (Wildman–Crippen LogP) is 3.72. The molecular formula is C31H33FN4O5. The number of benzene rings is 2. The van der Waals surface area contributed by atoms with Crippen molar-refractivity contribution in [3.63, 3.8) is 0 Å². The largest absolute Gasteiger partial charge is 0.488 e. The van der Waals surface area contributed by atoms with E-state index in [-0.39, 0.29) is 49.1 Å². The molecule has 0 radical (unpaired) electrons. The lowest BCUT2D eigenvalue weighted by molar-refractivity contribution is -0.134. The van der Waals surface area contributed by atoms with Gasteiger partial charge in [-0.25, -0.2) is 4.39 Å². The summed E-state index contributed by atoms with van der Waals surface area (Å²) < 4.78 is 26.5. The van der Waals surface area contributed by atoms with E-state index >= 15 is 0 Å². The minimum atomic E-state index is -0.554. The van der Waals surface area contributed by atoms with Crippen LogP contribution in [-0.4, -0.2) is 59.4 Å². The van der Waals surface area contributed by atoms with Gasteiger partial charge in [0.25, 0.3) is 11.8 Å². The van der Waals surface area contributed by atoms with Crippen molar-refractivity contribution in [2.75, 3.05) is 19.7 Å². The van der Waals surface area contributed by atoms with Crippen molar-refractivity contribution in [1.29, 1.82) is 0 Å². The van der Waals surface area contributed by atoms with Crippen LogP contribution in [-0.2, 0) is 16.1 Å². The van der Waals surface area contributed by atoms with Crippen LogP contribution in [0, 0.1) is 11.7 Å². The molecule has 3 amide bonds. The first-order valence-corrected chi connectivity index (χ1v) is 13.7. The van der Waals surface area contributed by atoms with E-state index in [4.69, 9.17) is 9.47 Å². The number of piperidine rings is 1. The molecule has 2 aliphatic heterocycles. The number of carbonyl (C=O) groups excluding carboxylic acids is 3. The third-order valence-corrected chi connectivity index (χ3v) is 7.05. The fourth-order valence-corrected chi connectivity index (χ4v) is 5.02. The average molecular weight is 561 g/mol. The zero-order chi connectivity index (χ0) is 28.9. The minimum Gasteiger partial charge on any atom is -0.488 e. The fraction of sp³-hybridized carbons (Fsp3) is 0.355. The van der Waals surface area contributed by atoms with Gasteiger partial charge in [0.15, 0.2) is 6.61 Å². The molecule has 2 N–H and O–H groups in total. The Labute approximate surface area is 238 Å². The number of rotatable bonds is 2. The summed E-state index contributed by atoms with van der Waals surface area (Å²) in [6.45, 7) is 4.54. The smallest absolute Gasteiger partial charge is 0.258 e. The summed E-state index contributed by atoms with van der Waals surface area (Å²) in [6, 6.07) is 12.6. The van der Waals surface area contributed by atoms with Gasteiger partial charge in [-0.15, -0.1) is 0 Å². The maximum absolute atomic E-state index is 14.6. The molecule has 5 rings (SSSR count). The Hall–Kier alpha value is -4.47. The number of amides is 3. The van der Waals surface area contributed by atoms with Crippen LogP contribution < -0.4 is 20.1 Å². The molecule has 0 unspecified atom stereocenters. The number of nitrogens with zero attached hydrogens (tertiary/aromatic N) is 2. The monoisotopic (exact) mass is 560 g/mol. The molecule has 2 atom stereocenters. The first-order valence-electron chi connectivity index (χ1n) is 13.7. The highest BCUT2D eigenvalue weighted by Crippen LogP contribution is 2.26. The first-order chi connectivity index (χ1) is 19.7. The average Bonchev–Trinajstić information content (AvgIpc) is 2.95. The van der Waals surface area contributed by atoms with Crippen LogP contribution >= 0.6 is 0 Å². The van der Waals surface area contributed by atoms with Crippen LogP contribution in [0.25, 0.3) is 11.1 Å². The second kappa shape index (κ2) is 12.4. The van der Waals surface area contributed by atoms with E-state index < -0.39 is 18.0 Å². The molecule has 41 heavy (non-hydrogen) atoms. The lowest BCUT2D eigenvalue weighted by Gasteiger charge is -2.39. The van der Waals surface area contributed by atoms with Gasteiger partial charge in [-0.05, 0) is 47.4 Å². The SMILES string of the molecule is CC(C)CC(=O)N1CC[C@@H]2Oc3cc(F)cc(c3)CNC(=O)COc3cccc(c3)-c3cncc(c3)C(=O)N[C@@H]2C1. The summed E-state index contributed by atoms with van der Waals surface area (Å²) >= 11 is 0. The van der Waals surface area contributed by atoms with Crippen molar-refractivity contribution in [3.8, 4) is 22.6 Å². The molecule has 1 saturated heterocycles. The minimum absolute atomic E-state index is 0.0118. The third-order valence-electron chi connectivity index (χ3n) is 7.05. The quantitative estimate of drug-likeness (QED) is 0.495. The molecule has 1 aromatic heterocycles. The first kappa shape index (κ1) is 28.1. The number of halogens is 1. The van der Waals surface area contributed by atoms with E-state index in [1.165, 1.54) is 18.3 Å². The second-order valence-corrected chi connectivity index (χ2v) is 10.8. The van der Waals surface area contributed by atoms with Crippen LogP contribution in [0.5, 0.6) is 11.5 Å². The Morgan fingerprint density at radius 3 is 2.73 bits per heavy atom.